The molecule has 8 heteroatoms. The number of rotatable bonds is 6. The maximum Gasteiger partial charge on any atom is 0.332 e. The molecule has 0 spiro atoms. The maximum absolute atomic E-state index is 11.0. The Morgan fingerprint density at radius 2 is 2.18 bits per heavy atom. The van der Waals surface area contributed by atoms with Crippen LogP contribution in [0.25, 0.3) is 0 Å². The minimum Gasteiger partial charge on any atom is -0.463 e. The molecule has 2 N–H and O–H groups in total. The van der Waals surface area contributed by atoms with Crippen LogP contribution in [0.15, 0.2) is 16.8 Å². The fraction of sp³-hybridized carbons (Fsp3) is 0.556. The summed E-state index contributed by atoms with van der Waals surface area (Å²) in [4.78, 5) is 24.4. The number of carbonyl (C=O) groups is 1. The first-order valence-electron chi connectivity index (χ1n) is 4.94. The van der Waals surface area contributed by atoms with E-state index in [9.17, 15) is 14.9 Å². The molecule has 17 heavy (non-hydrogen) atoms. The Bertz CT molecular complexity index is 338. The zero-order valence-corrected chi connectivity index (χ0v) is 10.0. The minimum absolute atomic E-state index is 0.159. The van der Waals surface area contributed by atoms with Gasteiger partial charge in [-0.05, 0) is 13.8 Å². The van der Waals surface area contributed by atoms with Crippen LogP contribution in [0.5, 0.6) is 0 Å². The van der Waals surface area contributed by atoms with Gasteiger partial charge in [0, 0.05) is 23.7 Å². The summed E-state index contributed by atoms with van der Waals surface area (Å²) in [5.41, 5.74) is 5.60. The van der Waals surface area contributed by atoms with E-state index < -0.39 is 17.4 Å². The summed E-state index contributed by atoms with van der Waals surface area (Å²) in [6.07, 6.45) is 1.23. The van der Waals surface area contributed by atoms with Crippen molar-refractivity contribution in [2.24, 2.45) is 4.99 Å². The number of ether oxygens (including phenoxy) is 1. The highest BCUT2D eigenvalue weighted by atomic mass is 16.6. The van der Waals surface area contributed by atoms with Crippen LogP contribution >= 0.6 is 0 Å². The predicted molar refractivity (Wildman–Crippen MR) is 61.9 cm³/mol. The van der Waals surface area contributed by atoms with E-state index >= 15 is 0 Å². The van der Waals surface area contributed by atoms with Gasteiger partial charge in [-0.3, -0.25) is 20.5 Å². The van der Waals surface area contributed by atoms with Crippen LogP contribution in [0.4, 0.5) is 0 Å². The fourth-order valence-corrected chi connectivity index (χ4v) is 0.856. The third kappa shape index (κ3) is 7.77. The molecule has 0 saturated carbocycles. The summed E-state index contributed by atoms with van der Waals surface area (Å²) in [6, 6.07) is 0. The number of allylic oxidation sites excluding steroid dienone is 1. The molecule has 0 amide bonds. The Balaban J connectivity index is 4.17. The van der Waals surface area contributed by atoms with Crippen molar-refractivity contribution in [1.29, 1.82) is 0 Å². The summed E-state index contributed by atoms with van der Waals surface area (Å²) in [5, 5.41) is 10.2. The summed E-state index contributed by atoms with van der Waals surface area (Å²) < 4.78 is 4.69. The molecular formula is C9H16N4O4. The van der Waals surface area contributed by atoms with Crippen molar-refractivity contribution in [3.63, 3.8) is 0 Å². The van der Waals surface area contributed by atoms with Crippen molar-refractivity contribution in [1.82, 2.24) is 10.9 Å². The number of amidine groups is 1. The van der Waals surface area contributed by atoms with E-state index in [4.69, 9.17) is 0 Å². The lowest BCUT2D eigenvalue weighted by Gasteiger charge is -2.09. The highest BCUT2D eigenvalue weighted by Gasteiger charge is 2.05. The number of aliphatic imine (C=N–C) groups is 1. The average molecular weight is 244 g/mol. The molecule has 0 saturated heterocycles. The molecule has 0 heterocycles. The van der Waals surface area contributed by atoms with Crippen LogP contribution in [0.3, 0.4) is 0 Å². The molecule has 0 atom stereocenters. The van der Waals surface area contributed by atoms with Gasteiger partial charge in [-0.2, -0.15) is 0 Å². The van der Waals surface area contributed by atoms with Crippen LogP contribution in [0.2, 0.25) is 0 Å². The SMILES string of the molecule is CCOC(=O)C=C(C)NNC(C[N+](=O)[O-])=NC. The molecule has 0 aromatic carbocycles. The van der Waals surface area contributed by atoms with Crippen LogP contribution < -0.4 is 10.9 Å². The third-order valence-electron chi connectivity index (χ3n) is 1.57. The highest BCUT2D eigenvalue weighted by Crippen LogP contribution is 1.88. The van der Waals surface area contributed by atoms with Crippen molar-refractivity contribution in [3.8, 4) is 0 Å². The van der Waals surface area contributed by atoms with E-state index in [1.165, 1.54) is 13.1 Å². The molecule has 0 aliphatic carbocycles. The van der Waals surface area contributed by atoms with E-state index in [1.54, 1.807) is 13.8 Å². The van der Waals surface area contributed by atoms with Gasteiger partial charge >= 0.3 is 5.97 Å². The van der Waals surface area contributed by atoms with Crippen molar-refractivity contribution < 1.29 is 14.5 Å². The molecule has 96 valence electrons. The first kappa shape index (κ1) is 14.9. The second kappa shape index (κ2) is 8.08. The van der Waals surface area contributed by atoms with E-state index in [2.05, 4.69) is 20.6 Å². The van der Waals surface area contributed by atoms with Crippen molar-refractivity contribution in [2.45, 2.75) is 13.8 Å². The van der Waals surface area contributed by atoms with Gasteiger partial charge in [-0.1, -0.05) is 0 Å². The second-order valence-electron chi connectivity index (χ2n) is 2.99. The number of hydrogen-bond donors (Lipinski definition) is 2. The molecule has 0 aromatic heterocycles. The zero-order chi connectivity index (χ0) is 13.3. The fourth-order valence-electron chi connectivity index (χ4n) is 0.856. The normalized spacial score (nSPS) is 11.9. The smallest absolute Gasteiger partial charge is 0.332 e. The topological polar surface area (TPSA) is 106 Å². The van der Waals surface area contributed by atoms with Crippen LogP contribution in [0, 0.1) is 10.1 Å². The van der Waals surface area contributed by atoms with Crippen molar-refractivity contribution >= 4 is 11.8 Å². The summed E-state index contributed by atoms with van der Waals surface area (Å²) in [7, 11) is 1.43. The van der Waals surface area contributed by atoms with Crippen LogP contribution in [-0.2, 0) is 9.53 Å². The first-order valence-corrected chi connectivity index (χ1v) is 4.94. The van der Waals surface area contributed by atoms with Crippen molar-refractivity contribution in [3.05, 3.63) is 21.9 Å². The van der Waals surface area contributed by atoms with Gasteiger partial charge in [0.1, 0.15) is 0 Å². The largest absolute Gasteiger partial charge is 0.463 e. The van der Waals surface area contributed by atoms with Crippen molar-refractivity contribution in [2.75, 3.05) is 20.2 Å². The standard InChI is InChI=1S/C9H16N4O4/c1-4-17-9(14)5-7(2)11-12-8(10-3)6-13(15)16/h5,11H,4,6H2,1-3H3,(H,10,12). The number of nitrogens with zero attached hydrogens (tertiary/aromatic N) is 2. The molecule has 0 aliphatic heterocycles. The summed E-state index contributed by atoms with van der Waals surface area (Å²) >= 11 is 0. The Kier molecular flexibility index (Phi) is 7.07. The lowest BCUT2D eigenvalue weighted by Crippen LogP contribution is -2.40. The number of carbonyl (C=O) groups excluding carboxylic acids is 1. The molecule has 0 bridgehead atoms. The van der Waals surface area contributed by atoms with Gasteiger partial charge in [0.2, 0.25) is 0 Å². The second-order valence-corrected chi connectivity index (χ2v) is 2.99. The molecule has 0 fully saturated rings. The summed E-state index contributed by atoms with van der Waals surface area (Å²) in [6.45, 7) is 3.18. The van der Waals surface area contributed by atoms with Gasteiger partial charge < -0.3 is 10.2 Å². The maximum atomic E-state index is 11.0. The first-order chi connectivity index (χ1) is 7.99. The Morgan fingerprint density at radius 1 is 1.53 bits per heavy atom. The molecule has 0 aliphatic rings. The van der Waals surface area contributed by atoms with E-state index in [-0.39, 0.29) is 5.84 Å². The lowest BCUT2D eigenvalue weighted by molar-refractivity contribution is -0.463. The molecule has 8 nitrogen and oxygen atoms in total. The zero-order valence-electron chi connectivity index (χ0n) is 10.0. The molecule has 0 rings (SSSR count). The van der Waals surface area contributed by atoms with E-state index in [0.717, 1.165) is 0 Å². The quantitative estimate of drug-likeness (QED) is 0.168. The predicted octanol–water partition coefficient (Wildman–Crippen LogP) is -0.147. The Labute approximate surface area is 98.9 Å². The van der Waals surface area contributed by atoms with Crippen LogP contribution in [0.1, 0.15) is 13.8 Å². The van der Waals surface area contributed by atoms with Gasteiger partial charge in [0.15, 0.2) is 5.84 Å². The minimum atomic E-state index is -0.512. The van der Waals surface area contributed by atoms with Gasteiger partial charge in [0.05, 0.1) is 6.61 Å². The molecule has 0 unspecified atom stereocenters. The number of nitro groups is 1. The number of nitrogens with one attached hydrogen (secondary N) is 2. The van der Waals surface area contributed by atoms with Gasteiger partial charge in [-0.15, -0.1) is 0 Å². The van der Waals surface area contributed by atoms with E-state index in [1.807, 2.05) is 0 Å². The highest BCUT2D eigenvalue weighted by molar-refractivity contribution is 5.84. The number of esters is 1. The Morgan fingerprint density at radius 3 is 2.65 bits per heavy atom. The average Bonchev–Trinajstić information content (AvgIpc) is 2.23. The number of hydrazine groups is 1. The lowest BCUT2D eigenvalue weighted by atomic mass is 10.4. The van der Waals surface area contributed by atoms with Gasteiger partial charge in [-0.25, -0.2) is 4.79 Å². The molecule has 0 radical (unpaired) electrons. The van der Waals surface area contributed by atoms with Gasteiger partial charge in [0.25, 0.3) is 6.54 Å². The molecule has 0 aromatic rings. The third-order valence-corrected chi connectivity index (χ3v) is 1.57. The monoisotopic (exact) mass is 244 g/mol. The van der Waals surface area contributed by atoms with Crippen LogP contribution in [-0.4, -0.2) is 36.9 Å². The number of hydrogen-bond acceptors (Lipinski definition) is 6. The summed E-state index contributed by atoms with van der Waals surface area (Å²) in [5.74, 6) is -0.324. The van der Waals surface area contributed by atoms with E-state index in [0.29, 0.717) is 12.3 Å². The Hall–Kier alpha value is -2.12. The molecular weight excluding hydrogens is 228 g/mol.